The summed E-state index contributed by atoms with van der Waals surface area (Å²) in [6, 6.07) is 0. The van der Waals surface area contributed by atoms with Gasteiger partial charge in [-0.2, -0.15) is 0 Å². The van der Waals surface area contributed by atoms with Gasteiger partial charge in [-0.15, -0.1) is 23.2 Å². The van der Waals surface area contributed by atoms with E-state index in [1.54, 1.807) is 0 Å². The average Bonchev–Trinajstić information content (AvgIpc) is 1.84. The van der Waals surface area contributed by atoms with E-state index < -0.39 is 8.32 Å². The number of halogens is 2. The Hall–Kier alpha value is 0.757. The summed E-state index contributed by atoms with van der Waals surface area (Å²) in [6.07, 6.45) is 0. The number of hydrogen-bond acceptors (Lipinski definition) is 1. The molecule has 4 heteroatoms. The van der Waals surface area contributed by atoms with Crippen LogP contribution in [0.2, 0.25) is 13.1 Å². The molecule has 0 saturated heterocycles. The highest BCUT2D eigenvalue weighted by Gasteiger charge is 2.30. The maximum Gasteiger partial charge on any atom is 0.220 e. The van der Waals surface area contributed by atoms with Gasteiger partial charge in [0, 0.05) is 6.61 Å². The van der Waals surface area contributed by atoms with Crippen molar-refractivity contribution in [3.8, 4) is 0 Å². The van der Waals surface area contributed by atoms with Crippen LogP contribution >= 0.6 is 23.2 Å². The van der Waals surface area contributed by atoms with E-state index in [0.717, 1.165) is 6.61 Å². The number of hydrogen-bond donors (Lipinski definition) is 0. The fraction of sp³-hybridized carbons (Fsp3) is 1.00. The minimum Gasteiger partial charge on any atom is -0.414 e. The van der Waals surface area contributed by atoms with Gasteiger partial charge in [-0.25, -0.2) is 0 Å². The van der Waals surface area contributed by atoms with E-state index in [1.165, 1.54) is 0 Å². The fourth-order valence-corrected chi connectivity index (χ4v) is 1.71. The van der Waals surface area contributed by atoms with Gasteiger partial charge in [-0.05, 0) is 19.0 Å². The first kappa shape index (κ1) is 11.8. The maximum atomic E-state index is 5.76. The highest BCUT2D eigenvalue weighted by Crippen LogP contribution is 2.20. The van der Waals surface area contributed by atoms with Crippen molar-refractivity contribution in [2.45, 2.75) is 31.4 Å². The van der Waals surface area contributed by atoms with E-state index in [2.05, 4.69) is 13.8 Å². The summed E-state index contributed by atoms with van der Waals surface area (Å²) in [4.78, 5) is 0. The predicted octanol–water partition coefficient (Wildman–Crippen LogP) is 3.21. The summed E-state index contributed by atoms with van der Waals surface area (Å²) in [5.41, 5.74) is 0. The Morgan fingerprint density at radius 2 is 1.73 bits per heavy atom. The molecule has 0 aromatic heterocycles. The first-order chi connectivity index (χ1) is 4.86. The second-order valence-electron chi connectivity index (χ2n) is 3.61. The molecule has 0 radical (unpaired) electrons. The van der Waals surface area contributed by atoms with Gasteiger partial charge in [0.25, 0.3) is 0 Å². The van der Waals surface area contributed by atoms with Crippen molar-refractivity contribution in [1.82, 2.24) is 0 Å². The quantitative estimate of drug-likeness (QED) is 0.517. The van der Waals surface area contributed by atoms with E-state index in [0.29, 0.717) is 5.92 Å². The molecule has 68 valence electrons. The maximum absolute atomic E-state index is 5.76. The summed E-state index contributed by atoms with van der Waals surface area (Å²) >= 11 is 11.5. The van der Waals surface area contributed by atoms with Crippen LogP contribution in [0.15, 0.2) is 0 Å². The predicted molar refractivity (Wildman–Crippen MR) is 53.8 cm³/mol. The molecule has 0 spiro atoms. The smallest absolute Gasteiger partial charge is 0.220 e. The Morgan fingerprint density at radius 1 is 1.27 bits per heavy atom. The summed E-state index contributed by atoms with van der Waals surface area (Å²) in [7, 11) is -1.81. The van der Waals surface area contributed by atoms with Gasteiger partial charge in [0.2, 0.25) is 8.32 Å². The number of alkyl halides is 2. The van der Waals surface area contributed by atoms with Crippen LogP contribution in [-0.4, -0.2) is 19.4 Å². The summed E-state index contributed by atoms with van der Waals surface area (Å²) in [5, 5.41) is 0. The Kier molecular flexibility index (Phi) is 5.03. The van der Waals surface area contributed by atoms with E-state index in [-0.39, 0.29) is 4.46 Å². The molecule has 0 aliphatic rings. The van der Waals surface area contributed by atoms with Crippen molar-refractivity contribution in [2.24, 2.45) is 5.92 Å². The second-order valence-corrected chi connectivity index (χ2v) is 9.51. The molecule has 0 N–H and O–H groups in total. The molecule has 0 heterocycles. The third-order valence-electron chi connectivity index (χ3n) is 1.31. The van der Waals surface area contributed by atoms with Gasteiger partial charge in [0.15, 0.2) is 0 Å². The second kappa shape index (κ2) is 4.70. The van der Waals surface area contributed by atoms with Crippen LogP contribution < -0.4 is 0 Å². The monoisotopic (exact) mass is 214 g/mol. The molecule has 0 unspecified atom stereocenters. The van der Waals surface area contributed by atoms with Crippen LogP contribution in [0, 0.1) is 5.92 Å². The van der Waals surface area contributed by atoms with Crippen LogP contribution in [0.4, 0.5) is 0 Å². The summed E-state index contributed by atoms with van der Waals surface area (Å²) < 4.78 is 5.30. The molecule has 11 heavy (non-hydrogen) atoms. The zero-order chi connectivity index (χ0) is 9.07. The fourth-order valence-electron chi connectivity index (χ4n) is 0.444. The largest absolute Gasteiger partial charge is 0.414 e. The van der Waals surface area contributed by atoms with Gasteiger partial charge in [-0.3, -0.25) is 0 Å². The van der Waals surface area contributed by atoms with Crippen molar-refractivity contribution in [3.63, 3.8) is 0 Å². The molecule has 0 fully saturated rings. The van der Waals surface area contributed by atoms with Crippen LogP contribution in [0.1, 0.15) is 13.8 Å². The van der Waals surface area contributed by atoms with Crippen LogP contribution in [0.25, 0.3) is 0 Å². The van der Waals surface area contributed by atoms with Gasteiger partial charge in [0.1, 0.15) is 4.46 Å². The molecule has 0 bridgehead atoms. The zero-order valence-corrected chi connectivity index (χ0v) is 10.0. The molecule has 0 rings (SSSR count). The minimum absolute atomic E-state index is 0.332. The SMILES string of the molecule is CC(C)CO[Si](C)(C)C(Cl)Cl. The lowest BCUT2D eigenvalue weighted by atomic mass is 10.2. The molecule has 1 nitrogen and oxygen atoms in total. The van der Waals surface area contributed by atoms with Gasteiger partial charge < -0.3 is 4.43 Å². The van der Waals surface area contributed by atoms with Gasteiger partial charge in [0.05, 0.1) is 0 Å². The molecule has 0 aromatic rings. The molecule has 0 aliphatic carbocycles. The first-order valence-corrected chi connectivity index (χ1v) is 7.64. The Labute approximate surface area is 80.2 Å². The Balaban J connectivity index is 3.73. The van der Waals surface area contributed by atoms with E-state index >= 15 is 0 Å². The Morgan fingerprint density at radius 3 is 2.00 bits per heavy atom. The van der Waals surface area contributed by atoms with Crippen LogP contribution in [0.3, 0.4) is 0 Å². The first-order valence-electron chi connectivity index (χ1n) is 3.78. The number of rotatable bonds is 4. The van der Waals surface area contributed by atoms with Crippen molar-refractivity contribution in [2.75, 3.05) is 6.61 Å². The van der Waals surface area contributed by atoms with Gasteiger partial charge >= 0.3 is 0 Å². The van der Waals surface area contributed by atoms with Crippen molar-refractivity contribution in [1.29, 1.82) is 0 Å². The molecule has 0 amide bonds. The normalized spacial score (nSPS) is 13.1. The molecular weight excluding hydrogens is 199 g/mol. The third kappa shape index (κ3) is 5.07. The highest BCUT2D eigenvalue weighted by molar-refractivity contribution is 6.87. The molecular formula is C7H16Cl2OSi. The molecule has 0 aromatic carbocycles. The summed E-state index contributed by atoms with van der Waals surface area (Å²) in [6.45, 7) is 9.04. The summed E-state index contributed by atoms with van der Waals surface area (Å²) in [5.74, 6) is 0.550. The van der Waals surface area contributed by atoms with Crippen molar-refractivity contribution < 1.29 is 4.43 Å². The minimum atomic E-state index is -1.81. The lowest BCUT2D eigenvalue weighted by molar-refractivity contribution is 0.262. The highest BCUT2D eigenvalue weighted by atomic mass is 35.5. The third-order valence-corrected chi connectivity index (χ3v) is 6.43. The van der Waals surface area contributed by atoms with E-state index in [9.17, 15) is 0 Å². The van der Waals surface area contributed by atoms with E-state index in [4.69, 9.17) is 27.6 Å². The van der Waals surface area contributed by atoms with E-state index in [1.807, 2.05) is 13.1 Å². The zero-order valence-electron chi connectivity index (χ0n) is 7.53. The van der Waals surface area contributed by atoms with Crippen LogP contribution in [0.5, 0.6) is 0 Å². The lowest BCUT2D eigenvalue weighted by Crippen LogP contribution is -2.39. The molecule has 0 atom stereocenters. The standard InChI is InChI=1S/C7H16Cl2OSi/c1-6(2)5-10-11(3,4)7(8)9/h6-7H,5H2,1-4H3. The average molecular weight is 215 g/mol. The Bertz CT molecular complexity index is 115. The lowest BCUT2D eigenvalue weighted by Gasteiger charge is -2.24. The molecule has 0 saturated carbocycles. The van der Waals surface area contributed by atoms with Crippen molar-refractivity contribution >= 4 is 31.5 Å². The molecule has 0 aliphatic heterocycles. The van der Waals surface area contributed by atoms with Crippen molar-refractivity contribution in [3.05, 3.63) is 0 Å². The van der Waals surface area contributed by atoms with Gasteiger partial charge in [-0.1, -0.05) is 13.8 Å². The van der Waals surface area contributed by atoms with Crippen LogP contribution in [-0.2, 0) is 4.43 Å². The topological polar surface area (TPSA) is 9.23 Å².